The molecular formula is C28H29N3O3. The Morgan fingerprint density at radius 3 is 2.00 bits per heavy atom. The molecule has 0 spiro atoms. The van der Waals surface area contributed by atoms with Crippen LogP contribution < -0.4 is 19.4 Å². The van der Waals surface area contributed by atoms with Gasteiger partial charge in [-0.1, -0.05) is 37.3 Å². The van der Waals surface area contributed by atoms with Crippen molar-refractivity contribution in [1.82, 2.24) is 0 Å². The van der Waals surface area contributed by atoms with E-state index < -0.39 is 0 Å². The highest BCUT2D eigenvalue weighted by molar-refractivity contribution is 6.46. The fourth-order valence-corrected chi connectivity index (χ4v) is 3.94. The molecule has 0 saturated carbocycles. The lowest BCUT2D eigenvalue weighted by molar-refractivity contribution is -0.120. The summed E-state index contributed by atoms with van der Waals surface area (Å²) < 4.78 is 5.69. The summed E-state index contributed by atoms with van der Waals surface area (Å²) in [6.45, 7) is 2.67. The Bertz CT molecular complexity index is 1200. The van der Waals surface area contributed by atoms with Crippen molar-refractivity contribution in [2.45, 2.75) is 13.3 Å². The lowest BCUT2D eigenvalue weighted by Crippen LogP contribution is -2.34. The van der Waals surface area contributed by atoms with Crippen LogP contribution >= 0.6 is 0 Å². The summed E-state index contributed by atoms with van der Waals surface area (Å²) in [5.41, 5.74) is 3.74. The summed E-state index contributed by atoms with van der Waals surface area (Å²) in [4.78, 5) is 32.4. The lowest BCUT2D eigenvalue weighted by Gasteiger charge is -2.22. The molecule has 2 amide bonds. The van der Waals surface area contributed by atoms with Crippen LogP contribution in [0.1, 0.15) is 18.9 Å². The van der Waals surface area contributed by atoms with Crippen LogP contribution in [0, 0.1) is 0 Å². The van der Waals surface area contributed by atoms with E-state index in [1.165, 1.54) is 4.90 Å². The Morgan fingerprint density at radius 2 is 1.41 bits per heavy atom. The summed E-state index contributed by atoms with van der Waals surface area (Å²) in [6.07, 6.45) is 0.910. The first-order chi connectivity index (χ1) is 16.4. The molecule has 1 aliphatic rings. The first-order valence-electron chi connectivity index (χ1n) is 11.3. The van der Waals surface area contributed by atoms with E-state index in [-0.39, 0.29) is 11.8 Å². The zero-order valence-electron chi connectivity index (χ0n) is 20.0. The van der Waals surface area contributed by atoms with Crippen molar-refractivity contribution in [2.75, 3.05) is 42.4 Å². The normalized spacial score (nSPS) is 13.5. The van der Waals surface area contributed by atoms with Crippen molar-refractivity contribution in [2.24, 2.45) is 0 Å². The molecule has 0 N–H and O–H groups in total. The predicted molar refractivity (Wildman–Crippen MR) is 137 cm³/mol. The number of imide groups is 1. The largest absolute Gasteiger partial charge is 0.494 e. The van der Waals surface area contributed by atoms with E-state index in [1.54, 1.807) is 17.0 Å². The van der Waals surface area contributed by atoms with Gasteiger partial charge in [0, 0.05) is 32.5 Å². The molecule has 0 bridgehead atoms. The van der Waals surface area contributed by atoms with Gasteiger partial charge in [0.25, 0.3) is 11.8 Å². The van der Waals surface area contributed by atoms with Crippen LogP contribution in [-0.2, 0) is 9.59 Å². The van der Waals surface area contributed by atoms with Crippen LogP contribution in [0.2, 0.25) is 0 Å². The van der Waals surface area contributed by atoms with Gasteiger partial charge in [-0.15, -0.1) is 0 Å². The molecule has 0 atom stereocenters. The third kappa shape index (κ3) is 4.39. The smallest absolute Gasteiger partial charge is 0.282 e. The van der Waals surface area contributed by atoms with Gasteiger partial charge in [0.15, 0.2) is 0 Å². The van der Waals surface area contributed by atoms with Crippen LogP contribution in [0.15, 0.2) is 84.6 Å². The number of hydrogen-bond acceptors (Lipinski definition) is 5. The Morgan fingerprint density at radius 1 is 0.765 bits per heavy atom. The van der Waals surface area contributed by atoms with Gasteiger partial charge in [0.05, 0.1) is 17.9 Å². The van der Waals surface area contributed by atoms with Gasteiger partial charge >= 0.3 is 0 Å². The molecule has 0 aromatic heterocycles. The predicted octanol–water partition coefficient (Wildman–Crippen LogP) is 4.96. The molecule has 6 nitrogen and oxygen atoms in total. The first-order valence-corrected chi connectivity index (χ1v) is 11.3. The average Bonchev–Trinajstić information content (AvgIpc) is 3.12. The SMILES string of the molecule is CCCOc1ccc(C2=C(N(C)c3ccccc3)C(=O)N(c3ccc(N(C)C)cc3)C2=O)cc1. The number of para-hydroxylation sites is 1. The minimum atomic E-state index is -0.352. The zero-order chi connectivity index (χ0) is 24.2. The zero-order valence-corrected chi connectivity index (χ0v) is 20.0. The van der Waals surface area contributed by atoms with E-state index in [1.807, 2.05) is 99.7 Å². The van der Waals surface area contributed by atoms with Gasteiger partial charge in [0.1, 0.15) is 11.4 Å². The summed E-state index contributed by atoms with van der Waals surface area (Å²) in [7, 11) is 5.70. The first kappa shape index (κ1) is 23.1. The molecule has 3 aromatic rings. The summed E-state index contributed by atoms with van der Waals surface area (Å²) >= 11 is 0. The molecule has 6 heteroatoms. The highest BCUT2D eigenvalue weighted by Gasteiger charge is 2.42. The number of anilines is 3. The monoisotopic (exact) mass is 455 g/mol. The van der Waals surface area contributed by atoms with Crippen molar-refractivity contribution >= 4 is 34.4 Å². The van der Waals surface area contributed by atoms with E-state index in [0.717, 1.165) is 23.5 Å². The second-order valence-corrected chi connectivity index (χ2v) is 8.35. The second-order valence-electron chi connectivity index (χ2n) is 8.35. The van der Waals surface area contributed by atoms with Crippen LogP contribution in [-0.4, -0.2) is 39.6 Å². The molecule has 0 radical (unpaired) electrons. The summed E-state index contributed by atoms with van der Waals surface area (Å²) in [5, 5.41) is 0. The minimum Gasteiger partial charge on any atom is -0.494 e. The van der Waals surface area contributed by atoms with E-state index in [4.69, 9.17) is 4.74 Å². The molecule has 0 saturated heterocycles. The molecule has 34 heavy (non-hydrogen) atoms. The van der Waals surface area contributed by atoms with E-state index in [2.05, 4.69) is 0 Å². The van der Waals surface area contributed by atoms with Crippen molar-refractivity contribution < 1.29 is 14.3 Å². The highest BCUT2D eigenvalue weighted by atomic mass is 16.5. The number of likely N-dealkylation sites (N-methyl/N-ethyl adjacent to an activating group) is 1. The molecule has 0 aliphatic carbocycles. The van der Waals surface area contributed by atoms with Gasteiger partial charge in [-0.3, -0.25) is 9.59 Å². The fraction of sp³-hybridized carbons (Fsp3) is 0.214. The number of carbonyl (C=O) groups is 2. The van der Waals surface area contributed by atoms with Crippen molar-refractivity contribution in [3.63, 3.8) is 0 Å². The Hall–Kier alpha value is -4.06. The molecular weight excluding hydrogens is 426 g/mol. The molecule has 3 aromatic carbocycles. The van der Waals surface area contributed by atoms with Gasteiger partial charge in [-0.2, -0.15) is 0 Å². The quantitative estimate of drug-likeness (QED) is 0.449. The van der Waals surface area contributed by atoms with Crippen LogP contribution in [0.4, 0.5) is 17.1 Å². The topological polar surface area (TPSA) is 53.1 Å². The standard InChI is InChI=1S/C28H29N3O3/c1-5-19-34-24-17-11-20(12-18-24)25-26(30(4)22-9-7-6-8-10-22)28(33)31(27(25)32)23-15-13-21(14-16-23)29(2)3/h6-18H,5,19H2,1-4H3. The molecule has 4 rings (SSSR count). The van der Waals surface area contributed by atoms with Gasteiger partial charge in [0.2, 0.25) is 0 Å². The fourth-order valence-electron chi connectivity index (χ4n) is 3.94. The number of amides is 2. The van der Waals surface area contributed by atoms with Crippen molar-refractivity contribution in [3.8, 4) is 5.75 Å². The van der Waals surface area contributed by atoms with Crippen LogP contribution in [0.25, 0.3) is 5.57 Å². The maximum Gasteiger partial charge on any atom is 0.282 e. The molecule has 1 aliphatic heterocycles. The second kappa shape index (κ2) is 9.83. The number of carbonyl (C=O) groups excluding carboxylic acids is 2. The third-order valence-corrected chi connectivity index (χ3v) is 5.78. The Labute approximate surface area is 200 Å². The highest BCUT2D eigenvalue weighted by Crippen LogP contribution is 2.37. The molecule has 1 heterocycles. The van der Waals surface area contributed by atoms with Crippen molar-refractivity contribution in [1.29, 1.82) is 0 Å². The molecule has 174 valence electrons. The maximum atomic E-state index is 13.7. The third-order valence-electron chi connectivity index (χ3n) is 5.78. The van der Waals surface area contributed by atoms with Crippen LogP contribution in [0.3, 0.4) is 0 Å². The average molecular weight is 456 g/mol. The summed E-state index contributed by atoms with van der Waals surface area (Å²) in [6, 6.07) is 24.3. The minimum absolute atomic E-state index is 0.343. The van der Waals surface area contributed by atoms with E-state index >= 15 is 0 Å². The van der Waals surface area contributed by atoms with Crippen LogP contribution in [0.5, 0.6) is 5.75 Å². The van der Waals surface area contributed by atoms with Crippen molar-refractivity contribution in [3.05, 3.63) is 90.1 Å². The van der Waals surface area contributed by atoms with Gasteiger partial charge < -0.3 is 14.5 Å². The Kier molecular flexibility index (Phi) is 6.68. The maximum absolute atomic E-state index is 13.7. The van der Waals surface area contributed by atoms with Gasteiger partial charge in [-0.05, 0) is 60.5 Å². The number of hydrogen-bond donors (Lipinski definition) is 0. The Balaban J connectivity index is 1.78. The number of benzene rings is 3. The lowest BCUT2D eigenvalue weighted by atomic mass is 10.0. The van der Waals surface area contributed by atoms with E-state index in [0.29, 0.717) is 29.1 Å². The molecule has 0 unspecified atom stereocenters. The molecule has 0 fully saturated rings. The van der Waals surface area contributed by atoms with E-state index in [9.17, 15) is 9.59 Å². The number of rotatable bonds is 8. The number of ether oxygens (including phenoxy) is 1. The summed E-state index contributed by atoms with van der Waals surface area (Å²) in [5.74, 6) is 0.0370. The van der Waals surface area contributed by atoms with Gasteiger partial charge in [-0.25, -0.2) is 4.90 Å². The number of nitrogens with zero attached hydrogens (tertiary/aromatic N) is 3.